The standard InChI is InChI=1S/C22H23N3O2S2/c1-3-13-25-20(15-28-19-11-9-17(2)10-12-19)23-24-22(25)29-16-21(26)27-14-18-7-5-4-6-8-18/h3-12H,1,13-16H2,2H3. The van der Waals surface area contributed by atoms with Crippen LogP contribution >= 0.6 is 23.5 Å². The van der Waals surface area contributed by atoms with Gasteiger partial charge in [-0.1, -0.05) is 65.9 Å². The minimum Gasteiger partial charge on any atom is -0.460 e. The summed E-state index contributed by atoms with van der Waals surface area (Å²) in [7, 11) is 0. The molecule has 3 aromatic rings. The Morgan fingerprint density at radius 2 is 1.86 bits per heavy atom. The number of benzene rings is 2. The first-order chi connectivity index (χ1) is 14.2. The molecule has 0 N–H and O–H groups in total. The molecular weight excluding hydrogens is 402 g/mol. The monoisotopic (exact) mass is 425 g/mol. The molecule has 1 aromatic heterocycles. The molecular formula is C22H23N3O2S2. The van der Waals surface area contributed by atoms with Crippen molar-refractivity contribution in [1.29, 1.82) is 0 Å². The Kier molecular flexibility index (Phi) is 7.95. The number of allylic oxidation sites excluding steroid dienone is 1. The molecule has 1 heterocycles. The molecule has 0 spiro atoms. The van der Waals surface area contributed by atoms with Gasteiger partial charge < -0.3 is 9.30 Å². The number of esters is 1. The third-order valence-corrected chi connectivity index (χ3v) is 6.00. The second kappa shape index (κ2) is 10.9. The number of rotatable bonds is 10. The smallest absolute Gasteiger partial charge is 0.316 e. The number of nitrogens with zero attached hydrogens (tertiary/aromatic N) is 3. The molecule has 0 atom stereocenters. The average Bonchev–Trinajstić information content (AvgIpc) is 3.13. The van der Waals surface area contributed by atoms with E-state index in [9.17, 15) is 4.79 Å². The van der Waals surface area contributed by atoms with Crippen LogP contribution in [0, 0.1) is 6.92 Å². The van der Waals surface area contributed by atoms with Crippen molar-refractivity contribution in [3.63, 3.8) is 0 Å². The van der Waals surface area contributed by atoms with Crippen LogP contribution in [0.3, 0.4) is 0 Å². The van der Waals surface area contributed by atoms with Crippen LogP contribution in [0.2, 0.25) is 0 Å². The first-order valence-electron chi connectivity index (χ1n) is 9.20. The van der Waals surface area contributed by atoms with Gasteiger partial charge in [0.25, 0.3) is 0 Å². The SMILES string of the molecule is C=CCn1c(CSc2ccc(C)cc2)nnc1SCC(=O)OCc1ccccc1. The lowest BCUT2D eigenvalue weighted by atomic mass is 10.2. The molecule has 0 amide bonds. The minimum atomic E-state index is -0.275. The van der Waals surface area contributed by atoms with Crippen molar-refractivity contribution in [2.24, 2.45) is 0 Å². The topological polar surface area (TPSA) is 57.0 Å². The van der Waals surface area contributed by atoms with Gasteiger partial charge in [0.1, 0.15) is 12.4 Å². The van der Waals surface area contributed by atoms with E-state index in [-0.39, 0.29) is 18.3 Å². The molecule has 3 rings (SSSR count). The number of hydrogen-bond acceptors (Lipinski definition) is 6. The Morgan fingerprint density at radius 1 is 1.10 bits per heavy atom. The van der Waals surface area contributed by atoms with Crippen molar-refractivity contribution in [1.82, 2.24) is 14.8 Å². The number of carbonyl (C=O) groups excluding carboxylic acids is 1. The Bertz CT molecular complexity index is 940. The van der Waals surface area contributed by atoms with E-state index >= 15 is 0 Å². The summed E-state index contributed by atoms with van der Waals surface area (Å²) in [4.78, 5) is 13.3. The number of thioether (sulfide) groups is 2. The highest BCUT2D eigenvalue weighted by molar-refractivity contribution is 7.99. The molecule has 0 unspecified atom stereocenters. The van der Waals surface area contributed by atoms with E-state index in [1.54, 1.807) is 17.8 Å². The molecule has 150 valence electrons. The fourth-order valence-electron chi connectivity index (χ4n) is 2.53. The molecule has 0 radical (unpaired) electrons. The fourth-order valence-corrected chi connectivity index (χ4v) is 4.13. The van der Waals surface area contributed by atoms with Crippen LogP contribution in [0.5, 0.6) is 0 Å². The lowest BCUT2D eigenvalue weighted by Gasteiger charge is -2.08. The largest absolute Gasteiger partial charge is 0.460 e. The number of ether oxygens (including phenoxy) is 1. The van der Waals surface area contributed by atoms with E-state index in [2.05, 4.69) is 48.0 Å². The van der Waals surface area contributed by atoms with Gasteiger partial charge in [-0.15, -0.1) is 28.5 Å². The summed E-state index contributed by atoms with van der Waals surface area (Å²) in [6.07, 6.45) is 1.81. The van der Waals surface area contributed by atoms with Crippen molar-refractivity contribution in [3.05, 3.63) is 84.2 Å². The predicted octanol–water partition coefficient (Wildman–Crippen LogP) is 4.90. The summed E-state index contributed by atoms with van der Waals surface area (Å²) < 4.78 is 7.32. The first-order valence-corrected chi connectivity index (χ1v) is 11.2. The first kappa shape index (κ1) is 21.2. The van der Waals surface area contributed by atoms with E-state index in [4.69, 9.17) is 4.74 Å². The van der Waals surface area contributed by atoms with Gasteiger partial charge in [0.15, 0.2) is 5.16 Å². The van der Waals surface area contributed by atoms with Gasteiger partial charge in [0, 0.05) is 11.4 Å². The van der Waals surface area contributed by atoms with Crippen LogP contribution in [0.1, 0.15) is 17.0 Å². The molecule has 0 fully saturated rings. The maximum Gasteiger partial charge on any atom is 0.316 e. The Balaban J connectivity index is 1.55. The summed E-state index contributed by atoms with van der Waals surface area (Å²) in [5.41, 5.74) is 2.21. The van der Waals surface area contributed by atoms with Crippen LogP contribution in [0.4, 0.5) is 0 Å². The van der Waals surface area contributed by atoms with Gasteiger partial charge in [0.05, 0.1) is 11.5 Å². The lowest BCUT2D eigenvalue weighted by molar-refractivity contribution is -0.141. The van der Waals surface area contributed by atoms with E-state index in [1.807, 2.05) is 34.9 Å². The highest BCUT2D eigenvalue weighted by Gasteiger charge is 2.14. The van der Waals surface area contributed by atoms with Crippen molar-refractivity contribution in [3.8, 4) is 0 Å². The zero-order valence-electron chi connectivity index (χ0n) is 16.3. The molecule has 0 saturated carbocycles. The summed E-state index contributed by atoms with van der Waals surface area (Å²) in [5, 5.41) is 9.26. The quantitative estimate of drug-likeness (QED) is 0.262. The van der Waals surface area contributed by atoms with E-state index < -0.39 is 0 Å². The molecule has 0 aliphatic heterocycles. The maximum absolute atomic E-state index is 12.1. The van der Waals surface area contributed by atoms with Crippen LogP contribution in [-0.4, -0.2) is 26.5 Å². The maximum atomic E-state index is 12.1. The molecule has 29 heavy (non-hydrogen) atoms. The predicted molar refractivity (Wildman–Crippen MR) is 118 cm³/mol. The van der Waals surface area contributed by atoms with E-state index in [0.29, 0.717) is 17.5 Å². The molecule has 7 heteroatoms. The van der Waals surface area contributed by atoms with Crippen LogP contribution in [0.15, 0.2) is 77.3 Å². The Hall–Kier alpha value is -2.51. The second-order valence-electron chi connectivity index (χ2n) is 6.33. The summed E-state index contributed by atoms with van der Waals surface area (Å²) in [6, 6.07) is 18.0. The zero-order valence-corrected chi connectivity index (χ0v) is 17.9. The van der Waals surface area contributed by atoms with Gasteiger partial charge in [-0.3, -0.25) is 4.79 Å². The molecule has 2 aromatic carbocycles. The van der Waals surface area contributed by atoms with Gasteiger partial charge in [-0.05, 0) is 24.6 Å². The molecule has 5 nitrogen and oxygen atoms in total. The van der Waals surface area contributed by atoms with E-state index in [0.717, 1.165) is 11.4 Å². The third-order valence-electron chi connectivity index (χ3n) is 4.06. The summed E-state index contributed by atoms with van der Waals surface area (Å²) >= 11 is 3.04. The lowest BCUT2D eigenvalue weighted by Crippen LogP contribution is -2.09. The highest BCUT2D eigenvalue weighted by atomic mass is 32.2. The summed E-state index contributed by atoms with van der Waals surface area (Å²) in [5.74, 6) is 1.47. The molecule has 0 aliphatic carbocycles. The van der Waals surface area contributed by atoms with Crippen molar-refractivity contribution >= 4 is 29.5 Å². The number of carbonyl (C=O) groups is 1. The highest BCUT2D eigenvalue weighted by Crippen LogP contribution is 2.25. The van der Waals surface area contributed by atoms with Crippen molar-refractivity contribution < 1.29 is 9.53 Å². The van der Waals surface area contributed by atoms with Crippen LogP contribution in [0.25, 0.3) is 0 Å². The van der Waals surface area contributed by atoms with Gasteiger partial charge >= 0.3 is 5.97 Å². The van der Waals surface area contributed by atoms with Gasteiger partial charge in [0.2, 0.25) is 0 Å². The third kappa shape index (κ3) is 6.51. The fraction of sp³-hybridized carbons (Fsp3) is 0.227. The zero-order chi connectivity index (χ0) is 20.5. The summed E-state index contributed by atoms with van der Waals surface area (Å²) in [6.45, 7) is 6.76. The average molecular weight is 426 g/mol. The molecule has 0 saturated heterocycles. The molecule has 0 bridgehead atoms. The number of aryl methyl sites for hydroxylation is 1. The van der Waals surface area contributed by atoms with Gasteiger partial charge in [-0.2, -0.15) is 0 Å². The Labute approximate surface area is 179 Å². The van der Waals surface area contributed by atoms with E-state index in [1.165, 1.54) is 22.2 Å². The molecule has 0 aliphatic rings. The van der Waals surface area contributed by atoms with Crippen molar-refractivity contribution in [2.45, 2.75) is 35.9 Å². The number of aromatic nitrogens is 3. The van der Waals surface area contributed by atoms with Crippen LogP contribution < -0.4 is 0 Å². The van der Waals surface area contributed by atoms with Crippen LogP contribution in [-0.2, 0) is 28.4 Å². The Morgan fingerprint density at radius 3 is 2.59 bits per heavy atom. The normalized spacial score (nSPS) is 10.7. The number of hydrogen-bond donors (Lipinski definition) is 0. The minimum absolute atomic E-state index is 0.188. The van der Waals surface area contributed by atoms with Crippen molar-refractivity contribution in [2.75, 3.05) is 5.75 Å². The second-order valence-corrected chi connectivity index (χ2v) is 8.33. The van der Waals surface area contributed by atoms with Gasteiger partial charge in [-0.25, -0.2) is 0 Å².